The molecule has 2 N–H and O–H groups in total. The number of hydrogen-bond acceptors (Lipinski definition) is 5. The van der Waals surface area contributed by atoms with Crippen molar-refractivity contribution < 1.29 is 23.9 Å². The molecule has 2 aromatic carbocycles. The van der Waals surface area contributed by atoms with Crippen LogP contribution < -0.4 is 5.32 Å². The van der Waals surface area contributed by atoms with Crippen molar-refractivity contribution in [2.45, 2.75) is 57.9 Å². The zero-order valence-corrected chi connectivity index (χ0v) is 21.4. The van der Waals surface area contributed by atoms with E-state index in [9.17, 15) is 23.9 Å². The fourth-order valence-corrected chi connectivity index (χ4v) is 5.24. The molecule has 37 heavy (non-hydrogen) atoms. The van der Waals surface area contributed by atoms with Crippen LogP contribution in [-0.2, 0) is 22.6 Å². The molecule has 0 unspecified atom stereocenters. The lowest BCUT2D eigenvalue weighted by atomic mass is 9.96. The summed E-state index contributed by atoms with van der Waals surface area (Å²) in [5.74, 6) is -0.595. The molecule has 0 aromatic heterocycles. The van der Waals surface area contributed by atoms with Gasteiger partial charge in [-0.2, -0.15) is 0 Å². The molecule has 4 amide bonds. The number of phenolic OH excluding ortho intramolecular Hbond substituents is 1. The molecule has 9 nitrogen and oxygen atoms in total. The SMILES string of the molecule is CCC(CC)N1C[C@H]2N(C(=O)CN(C)N2C(=O)NCc2ccc(F)cc2)[C@@H](Cc2ccc(O)cc2)C1=O. The molecule has 0 aliphatic carbocycles. The number of aromatic hydroxyl groups is 1. The van der Waals surface area contributed by atoms with Gasteiger partial charge in [0.15, 0.2) is 0 Å². The lowest BCUT2D eigenvalue weighted by Gasteiger charge is -2.55. The Balaban J connectivity index is 1.64. The van der Waals surface area contributed by atoms with Crippen molar-refractivity contribution in [2.24, 2.45) is 0 Å². The molecule has 198 valence electrons. The zero-order chi connectivity index (χ0) is 26.7. The monoisotopic (exact) mass is 511 g/mol. The van der Waals surface area contributed by atoms with E-state index in [4.69, 9.17) is 0 Å². The van der Waals surface area contributed by atoms with Gasteiger partial charge in [-0.1, -0.05) is 38.1 Å². The van der Waals surface area contributed by atoms with E-state index in [1.54, 1.807) is 58.3 Å². The van der Waals surface area contributed by atoms with Crippen molar-refractivity contribution >= 4 is 17.8 Å². The van der Waals surface area contributed by atoms with Gasteiger partial charge in [0.25, 0.3) is 0 Å². The molecule has 0 radical (unpaired) electrons. The summed E-state index contributed by atoms with van der Waals surface area (Å²) < 4.78 is 13.3. The Morgan fingerprint density at radius 3 is 2.30 bits per heavy atom. The number of likely N-dealkylation sites (N-methyl/N-ethyl adjacent to an activating group) is 1. The van der Waals surface area contributed by atoms with Crippen LogP contribution in [0.15, 0.2) is 48.5 Å². The third-order valence-electron chi connectivity index (χ3n) is 7.20. The van der Waals surface area contributed by atoms with Crippen LogP contribution in [0.5, 0.6) is 5.75 Å². The van der Waals surface area contributed by atoms with Gasteiger partial charge in [-0.05, 0) is 48.2 Å². The van der Waals surface area contributed by atoms with Crippen molar-refractivity contribution in [3.05, 3.63) is 65.5 Å². The molecule has 2 aromatic rings. The first-order valence-corrected chi connectivity index (χ1v) is 12.7. The highest BCUT2D eigenvalue weighted by Crippen LogP contribution is 2.30. The number of phenols is 1. The lowest BCUT2D eigenvalue weighted by molar-refractivity contribution is -0.189. The van der Waals surface area contributed by atoms with Crippen LogP contribution in [-0.4, -0.2) is 81.2 Å². The second-order valence-electron chi connectivity index (χ2n) is 9.57. The van der Waals surface area contributed by atoms with E-state index in [2.05, 4.69) is 5.32 Å². The van der Waals surface area contributed by atoms with Gasteiger partial charge in [0.2, 0.25) is 11.8 Å². The number of urea groups is 1. The van der Waals surface area contributed by atoms with Crippen LogP contribution in [0.3, 0.4) is 0 Å². The number of halogens is 1. The Morgan fingerprint density at radius 2 is 1.68 bits per heavy atom. The second-order valence-corrected chi connectivity index (χ2v) is 9.57. The van der Waals surface area contributed by atoms with Crippen LogP contribution in [0.2, 0.25) is 0 Å². The number of nitrogens with zero attached hydrogens (tertiary/aromatic N) is 4. The van der Waals surface area contributed by atoms with Crippen LogP contribution in [0, 0.1) is 5.82 Å². The highest BCUT2D eigenvalue weighted by atomic mass is 19.1. The van der Waals surface area contributed by atoms with Gasteiger partial charge in [0.1, 0.15) is 23.8 Å². The number of carbonyl (C=O) groups is 3. The molecular formula is C27H34FN5O4. The summed E-state index contributed by atoms with van der Waals surface area (Å²) in [5, 5.41) is 15.6. The van der Waals surface area contributed by atoms with Gasteiger partial charge in [-0.25, -0.2) is 19.2 Å². The smallest absolute Gasteiger partial charge is 0.334 e. The maximum absolute atomic E-state index is 13.8. The Morgan fingerprint density at radius 1 is 1.05 bits per heavy atom. The number of nitrogens with one attached hydrogen (secondary N) is 1. The Labute approximate surface area is 216 Å². The third-order valence-corrected chi connectivity index (χ3v) is 7.20. The van der Waals surface area contributed by atoms with Gasteiger partial charge >= 0.3 is 6.03 Å². The van der Waals surface area contributed by atoms with E-state index in [1.807, 2.05) is 13.8 Å². The molecule has 2 aliphatic heterocycles. The Bertz CT molecular complexity index is 1120. The fourth-order valence-electron chi connectivity index (χ4n) is 5.24. The first-order chi connectivity index (χ1) is 17.7. The highest BCUT2D eigenvalue weighted by Gasteiger charge is 2.51. The second kappa shape index (κ2) is 11.2. The van der Waals surface area contributed by atoms with Gasteiger partial charge in [-0.3, -0.25) is 9.59 Å². The maximum Gasteiger partial charge on any atom is 0.334 e. The number of hydrogen-bond donors (Lipinski definition) is 2. The van der Waals surface area contributed by atoms with Crippen LogP contribution in [0.1, 0.15) is 37.8 Å². The van der Waals surface area contributed by atoms with E-state index < -0.39 is 18.2 Å². The lowest BCUT2D eigenvalue weighted by Crippen LogP contribution is -2.76. The van der Waals surface area contributed by atoms with Crippen molar-refractivity contribution in [2.75, 3.05) is 20.1 Å². The Hall–Kier alpha value is -3.66. The molecule has 0 spiro atoms. The molecule has 2 fully saturated rings. The van der Waals surface area contributed by atoms with Crippen LogP contribution in [0.4, 0.5) is 9.18 Å². The van der Waals surface area contributed by atoms with Crippen molar-refractivity contribution in [1.82, 2.24) is 25.1 Å². The fraction of sp³-hybridized carbons (Fsp3) is 0.444. The molecule has 2 atom stereocenters. The van der Waals surface area contributed by atoms with Crippen molar-refractivity contribution in [1.29, 1.82) is 0 Å². The van der Waals surface area contributed by atoms with E-state index in [-0.39, 0.29) is 55.5 Å². The summed E-state index contributed by atoms with van der Waals surface area (Å²) in [7, 11) is 1.68. The van der Waals surface area contributed by atoms with Crippen molar-refractivity contribution in [3.63, 3.8) is 0 Å². The summed E-state index contributed by atoms with van der Waals surface area (Å²) in [5.41, 5.74) is 1.55. The quantitative estimate of drug-likeness (QED) is 0.596. The molecule has 2 saturated heterocycles. The van der Waals surface area contributed by atoms with Gasteiger partial charge in [-0.15, -0.1) is 0 Å². The predicted molar refractivity (Wildman–Crippen MR) is 135 cm³/mol. The summed E-state index contributed by atoms with van der Waals surface area (Å²) in [6.45, 7) is 4.39. The molecule has 2 aliphatic rings. The van der Waals surface area contributed by atoms with Gasteiger partial charge < -0.3 is 20.2 Å². The maximum atomic E-state index is 13.8. The summed E-state index contributed by atoms with van der Waals surface area (Å²) in [4.78, 5) is 43.9. The molecule has 0 saturated carbocycles. The molecule has 2 heterocycles. The topological polar surface area (TPSA) is 96.4 Å². The number of carbonyl (C=O) groups excluding carboxylic acids is 3. The normalized spacial score (nSPS) is 20.4. The first kappa shape index (κ1) is 26.4. The number of benzene rings is 2. The van der Waals surface area contributed by atoms with E-state index in [1.165, 1.54) is 17.1 Å². The zero-order valence-electron chi connectivity index (χ0n) is 21.4. The van der Waals surface area contributed by atoms with Gasteiger partial charge in [0.05, 0.1) is 13.1 Å². The molecule has 4 rings (SSSR count). The average molecular weight is 512 g/mol. The highest BCUT2D eigenvalue weighted by molar-refractivity contribution is 5.91. The molecule has 0 bridgehead atoms. The van der Waals surface area contributed by atoms with Crippen molar-refractivity contribution in [3.8, 4) is 5.75 Å². The summed E-state index contributed by atoms with van der Waals surface area (Å²) >= 11 is 0. The number of fused-ring (bicyclic) bond motifs is 1. The minimum atomic E-state index is -0.780. The van der Waals surface area contributed by atoms with Crippen LogP contribution in [0.25, 0.3) is 0 Å². The standard InChI is InChI=1S/C27H34FN5O4/c1-4-21(5-2)31-16-24-32(23(26(31)36)14-18-8-12-22(34)13-9-18)25(35)17-30(3)33(24)27(37)29-15-19-6-10-20(28)11-7-19/h6-13,21,23-24,34H,4-5,14-17H2,1-3H3,(H,29,37)/t23-,24-/m0/s1. The van der Waals surface area contributed by atoms with E-state index in [0.717, 1.165) is 24.0 Å². The summed E-state index contributed by atoms with van der Waals surface area (Å²) in [6.07, 6.45) is 1.09. The average Bonchev–Trinajstić information content (AvgIpc) is 2.87. The van der Waals surface area contributed by atoms with Gasteiger partial charge in [0, 0.05) is 26.1 Å². The number of piperazine rings is 1. The van der Waals surface area contributed by atoms with E-state index >= 15 is 0 Å². The number of rotatable bonds is 7. The Kier molecular flexibility index (Phi) is 7.97. The number of amides is 4. The minimum Gasteiger partial charge on any atom is -0.508 e. The minimum absolute atomic E-state index is 0.0246. The van der Waals surface area contributed by atoms with E-state index in [0.29, 0.717) is 0 Å². The molecular weight excluding hydrogens is 477 g/mol. The summed E-state index contributed by atoms with van der Waals surface area (Å²) in [6, 6.07) is 11.3. The third kappa shape index (κ3) is 5.53. The van der Waals surface area contributed by atoms with Crippen LogP contribution >= 0.6 is 0 Å². The molecule has 10 heteroatoms. The predicted octanol–water partition coefficient (Wildman–Crippen LogP) is 2.70. The largest absolute Gasteiger partial charge is 0.508 e. The first-order valence-electron chi connectivity index (χ1n) is 12.7. The number of hydrazine groups is 1.